The maximum Gasteiger partial charge on any atom is 0.244 e. The molecule has 1 aromatic rings. The van der Waals surface area contributed by atoms with E-state index in [2.05, 4.69) is 16.7 Å². The number of nitrogens with zero attached hydrogens (tertiary/aromatic N) is 3. The number of aliphatic hydroxyl groups is 1. The molecule has 1 amide bonds. The van der Waals surface area contributed by atoms with Crippen molar-refractivity contribution < 1.29 is 9.90 Å². The number of rotatable bonds is 6. The van der Waals surface area contributed by atoms with Gasteiger partial charge in [-0.3, -0.25) is 14.6 Å². The highest BCUT2D eigenvalue weighted by atomic mass is 16.3. The molecule has 2 rings (SSSR count). The second kappa shape index (κ2) is 8.10. The predicted octanol–water partition coefficient (Wildman–Crippen LogP) is 1.59. The minimum atomic E-state index is -0.693. The van der Waals surface area contributed by atoms with E-state index < -0.39 is 5.60 Å². The quantitative estimate of drug-likeness (QED) is 0.859. The Morgan fingerprint density at radius 1 is 1.21 bits per heavy atom. The van der Waals surface area contributed by atoms with Gasteiger partial charge in [0.1, 0.15) is 6.04 Å². The summed E-state index contributed by atoms with van der Waals surface area (Å²) in [5, 5.41) is 9.96. The average Bonchev–Trinajstić information content (AvgIpc) is 2.55. The highest BCUT2D eigenvalue weighted by Crippen LogP contribution is 2.22. The van der Waals surface area contributed by atoms with Crippen LogP contribution in [0.4, 0.5) is 0 Å². The molecule has 5 nitrogen and oxygen atoms in total. The van der Waals surface area contributed by atoms with E-state index in [1.165, 1.54) is 0 Å². The van der Waals surface area contributed by atoms with Crippen molar-refractivity contribution >= 4 is 5.91 Å². The molecule has 1 unspecified atom stereocenters. The van der Waals surface area contributed by atoms with Gasteiger partial charge in [-0.1, -0.05) is 37.3 Å². The van der Waals surface area contributed by atoms with Crippen molar-refractivity contribution in [1.29, 1.82) is 0 Å². The lowest BCUT2D eigenvalue weighted by Gasteiger charge is -2.39. The first-order valence-corrected chi connectivity index (χ1v) is 8.80. The summed E-state index contributed by atoms with van der Waals surface area (Å²) in [5.74, 6) is 0.174. The molecule has 5 heteroatoms. The van der Waals surface area contributed by atoms with Crippen molar-refractivity contribution in [2.24, 2.45) is 0 Å². The Labute approximate surface area is 145 Å². The summed E-state index contributed by atoms with van der Waals surface area (Å²) < 4.78 is 0. The van der Waals surface area contributed by atoms with Crippen LogP contribution in [0.5, 0.6) is 0 Å². The molecule has 0 saturated carbocycles. The van der Waals surface area contributed by atoms with Crippen LogP contribution < -0.4 is 0 Å². The number of carbonyl (C=O) groups is 1. The highest BCUT2D eigenvalue weighted by molar-refractivity contribution is 5.83. The van der Waals surface area contributed by atoms with E-state index in [0.29, 0.717) is 6.54 Å². The number of likely N-dealkylation sites (N-methyl/N-ethyl adjacent to an activating group) is 1. The first-order valence-electron chi connectivity index (χ1n) is 8.80. The van der Waals surface area contributed by atoms with Crippen molar-refractivity contribution in [3.8, 4) is 0 Å². The van der Waals surface area contributed by atoms with Gasteiger partial charge in [0, 0.05) is 32.7 Å². The average molecular weight is 333 g/mol. The third-order valence-electron chi connectivity index (χ3n) is 4.58. The molecule has 1 aliphatic heterocycles. The molecule has 1 saturated heterocycles. The maximum absolute atomic E-state index is 13.1. The van der Waals surface area contributed by atoms with E-state index in [1.807, 2.05) is 56.1 Å². The molecule has 1 aliphatic rings. The van der Waals surface area contributed by atoms with E-state index >= 15 is 0 Å². The van der Waals surface area contributed by atoms with Gasteiger partial charge >= 0.3 is 0 Å². The standard InChI is InChI=1S/C19H31N3O2/c1-5-20(4)17(16-9-7-6-8-10-16)18(23)22-13-11-21(12-14-22)15-19(2,3)24/h6-10,17,24H,5,11-15H2,1-4H3. The maximum atomic E-state index is 13.1. The van der Waals surface area contributed by atoms with Gasteiger partial charge in [0.25, 0.3) is 0 Å². The van der Waals surface area contributed by atoms with Crippen LogP contribution in [0, 0.1) is 0 Å². The molecule has 1 N–H and O–H groups in total. The van der Waals surface area contributed by atoms with Crippen molar-refractivity contribution in [1.82, 2.24) is 14.7 Å². The molecule has 1 heterocycles. The molecule has 1 atom stereocenters. The third kappa shape index (κ3) is 5.03. The van der Waals surface area contributed by atoms with E-state index in [9.17, 15) is 9.90 Å². The van der Waals surface area contributed by atoms with Gasteiger partial charge in [-0.25, -0.2) is 0 Å². The number of amides is 1. The van der Waals surface area contributed by atoms with Crippen LogP contribution in [-0.4, -0.2) is 77.6 Å². The fourth-order valence-electron chi connectivity index (χ4n) is 3.25. The van der Waals surface area contributed by atoms with Crippen LogP contribution >= 0.6 is 0 Å². The molecular formula is C19H31N3O2. The predicted molar refractivity (Wildman–Crippen MR) is 96.8 cm³/mol. The number of β-amino-alcohol motifs (C(OH)–C–C–N with tert-alkyl or cyclic N) is 1. The zero-order valence-electron chi connectivity index (χ0n) is 15.4. The monoisotopic (exact) mass is 333 g/mol. The van der Waals surface area contributed by atoms with Crippen LogP contribution in [0.15, 0.2) is 30.3 Å². The SMILES string of the molecule is CCN(C)C(C(=O)N1CCN(CC(C)(C)O)CC1)c1ccccc1. The van der Waals surface area contributed by atoms with Gasteiger partial charge in [0.2, 0.25) is 5.91 Å². The molecule has 1 aromatic carbocycles. The summed E-state index contributed by atoms with van der Waals surface area (Å²) >= 11 is 0. The minimum Gasteiger partial charge on any atom is -0.389 e. The zero-order valence-corrected chi connectivity index (χ0v) is 15.4. The first-order chi connectivity index (χ1) is 11.3. The molecule has 0 radical (unpaired) electrons. The van der Waals surface area contributed by atoms with Gasteiger partial charge in [0.15, 0.2) is 0 Å². The van der Waals surface area contributed by atoms with Crippen LogP contribution in [-0.2, 0) is 4.79 Å². The summed E-state index contributed by atoms with van der Waals surface area (Å²) in [6.07, 6.45) is 0. The van der Waals surface area contributed by atoms with Gasteiger partial charge in [-0.2, -0.15) is 0 Å². The second-order valence-corrected chi connectivity index (χ2v) is 7.30. The van der Waals surface area contributed by atoms with Gasteiger partial charge in [-0.05, 0) is 33.0 Å². The molecule has 0 spiro atoms. The summed E-state index contributed by atoms with van der Waals surface area (Å²) in [6.45, 7) is 10.3. The zero-order chi connectivity index (χ0) is 17.7. The summed E-state index contributed by atoms with van der Waals surface area (Å²) in [4.78, 5) is 19.4. The third-order valence-corrected chi connectivity index (χ3v) is 4.58. The van der Waals surface area contributed by atoms with Crippen molar-refractivity contribution in [3.05, 3.63) is 35.9 Å². The summed E-state index contributed by atoms with van der Waals surface area (Å²) in [7, 11) is 2.00. The number of benzene rings is 1. The molecule has 1 fully saturated rings. The van der Waals surface area contributed by atoms with Gasteiger partial charge in [0.05, 0.1) is 5.60 Å². The molecular weight excluding hydrogens is 302 g/mol. The Hall–Kier alpha value is -1.43. The summed E-state index contributed by atoms with van der Waals surface area (Å²) in [5.41, 5.74) is 0.354. The Morgan fingerprint density at radius 2 is 1.79 bits per heavy atom. The number of hydrogen-bond acceptors (Lipinski definition) is 4. The molecule has 0 bridgehead atoms. The van der Waals surface area contributed by atoms with Crippen molar-refractivity contribution in [3.63, 3.8) is 0 Å². The Morgan fingerprint density at radius 3 is 2.29 bits per heavy atom. The fourth-order valence-corrected chi connectivity index (χ4v) is 3.25. The Bertz CT molecular complexity index is 519. The van der Waals surface area contributed by atoms with Gasteiger partial charge < -0.3 is 10.0 Å². The van der Waals surface area contributed by atoms with Crippen LogP contribution in [0.25, 0.3) is 0 Å². The molecule has 0 aromatic heterocycles. The lowest BCUT2D eigenvalue weighted by Crippen LogP contribution is -2.54. The second-order valence-electron chi connectivity index (χ2n) is 7.30. The Kier molecular flexibility index (Phi) is 6.38. The number of piperazine rings is 1. The van der Waals surface area contributed by atoms with E-state index in [4.69, 9.17) is 0 Å². The van der Waals surface area contributed by atoms with E-state index in [1.54, 1.807) is 0 Å². The van der Waals surface area contributed by atoms with E-state index in [0.717, 1.165) is 38.3 Å². The van der Waals surface area contributed by atoms with Crippen LogP contribution in [0.2, 0.25) is 0 Å². The lowest BCUT2D eigenvalue weighted by molar-refractivity contribution is -0.138. The highest BCUT2D eigenvalue weighted by Gasteiger charge is 2.31. The molecule has 24 heavy (non-hydrogen) atoms. The molecule has 0 aliphatic carbocycles. The smallest absolute Gasteiger partial charge is 0.244 e. The lowest BCUT2D eigenvalue weighted by atomic mass is 10.0. The molecule has 134 valence electrons. The Balaban J connectivity index is 2.04. The normalized spacial score (nSPS) is 18.0. The largest absolute Gasteiger partial charge is 0.389 e. The summed E-state index contributed by atoms with van der Waals surface area (Å²) in [6, 6.07) is 9.78. The fraction of sp³-hybridized carbons (Fsp3) is 0.632. The topological polar surface area (TPSA) is 47.0 Å². The van der Waals surface area contributed by atoms with E-state index in [-0.39, 0.29) is 11.9 Å². The van der Waals surface area contributed by atoms with Crippen molar-refractivity contribution in [2.45, 2.75) is 32.4 Å². The first kappa shape index (κ1) is 18.9. The van der Waals surface area contributed by atoms with Crippen LogP contribution in [0.1, 0.15) is 32.4 Å². The minimum absolute atomic E-state index is 0.174. The number of hydrogen-bond donors (Lipinski definition) is 1. The van der Waals surface area contributed by atoms with Crippen LogP contribution in [0.3, 0.4) is 0 Å². The van der Waals surface area contributed by atoms with Gasteiger partial charge in [-0.15, -0.1) is 0 Å². The van der Waals surface area contributed by atoms with Crippen molar-refractivity contribution in [2.75, 3.05) is 46.3 Å². The number of carbonyl (C=O) groups excluding carboxylic acids is 1.